The van der Waals surface area contributed by atoms with Crippen molar-refractivity contribution in [1.29, 1.82) is 5.26 Å². The Bertz CT molecular complexity index is 1560. The molecule has 3 aromatic heterocycles. The Hall–Kier alpha value is -4.35. The van der Waals surface area contributed by atoms with Gasteiger partial charge in [-0.05, 0) is 60.9 Å². The van der Waals surface area contributed by atoms with Crippen LogP contribution in [0, 0.1) is 11.3 Å². The summed E-state index contributed by atoms with van der Waals surface area (Å²) >= 11 is 0. The van der Waals surface area contributed by atoms with Gasteiger partial charge in [0.1, 0.15) is 11.2 Å². The molecule has 0 bridgehead atoms. The summed E-state index contributed by atoms with van der Waals surface area (Å²) in [5, 5.41) is 13.6. The fourth-order valence-corrected chi connectivity index (χ4v) is 4.78. The first-order valence-corrected chi connectivity index (χ1v) is 12.4. The average molecular weight is 491 g/mol. The van der Waals surface area contributed by atoms with Gasteiger partial charge in [-0.3, -0.25) is 14.8 Å². The number of amides is 1. The molecule has 0 saturated carbocycles. The highest BCUT2D eigenvalue weighted by atomic mass is 16.5. The third-order valence-electron chi connectivity index (χ3n) is 7.13. The minimum absolute atomic E-state index is 0.213. The summed E-state index contributed by atoms with van der Waals surface area (Å²) in [5.74, 6) is 0.780. The van der Waals surface area contributed by atoms with Gasteiger partial charge in [-0.1, -0.05) is 12.1 Å². The predicted molar refractivity (Wildman–Crippen MR) is 140 cm³/mol. The molecule has 0 aliphatic carbocycles. The van der Waals surface area contributed by atoms with E-state index in [4.69, 9.17) is 9.72 Å². The molecule has 1 N–H and O–H groups in total. The van der Waals surface area contributed by atoms with Crippen molar-refractivity contribution in [2.45, 2.75) is 31.9 Å². The third kappa shape index (κ3) is 4.39. The van der Waals surface area contributed by atoms with Crippen molar-refractivity contribution >= 4 is 22.6 Å². The summed E-state index contributed by atoms with van der Waals surface area (Å²) in [4.78, 5) is 29.1. The highest BCUT2D eigenvalue weighted by molar-refractivity contribution is 5.94. The molecule has 6 rings (SSSR count). The van der Waals surface area contributed by atoms with Crippen LogP contribution in [0.2, 0.25) is 0 Å². The fraction of sp³-hybridized carbons (Fsp3) is 0.276. The number of carbonyl (C=O) groups excluding carboxylic acids is 1. The molecular formula is C29H26N6O2. The lowest BCUT2D eigenvalue weighted by Gasteiger charge is -2.32. The second-order valence-corrected chi connectivity index (χ2v) is 9.81. The van der Waals surface area contributed by atoms with E-state index >= 15 is 0 Å². The highest BCUT2D eigenvalue weighted by Crippen LogP contribution is 2.32. The first-order chi connectivity index (χ1) is 18.0. The molecule has 2 aliphatic heterocycles. The number of nitriles is 1. The van der Waals surface area contributed by atoms with Gasteiger partial charge in [0, 0.05) is 35.8 Å². The second-order valence-electron chi connectivity index (χ2n) is 9.81. The van der Waals surface area contributed by atoms with Crippen molar-refractivity contribution < 1.29 is 9.53 Å². The van der Waals surface area contributed by atoms with E-state index in [9.17, 15) is 10.1 Å². The number of carbonyl (C=O) groups is 1. The number of pyridine rings is 3. The Balaban J connectivity index is 1.20. The van der Waals surface area contributed by atoms with Gasteiger partial charge in [-0.2, -0.15) is 5.26 Å². The summed E-state index contributed by atoms with van der Waals surface area (Å²) in [6.45, 7) is 4.97. The maximum atomic E-state index is 12.9. The van der Waals surface area contributed by atoms with Gasteiger partial charge in [0.15, 0.2) is 0 Å². The molecular weight excluding hydrogens is 464 g/mol. The molecule has 8 heteroatoms. The van der Waals surface area contributed by atoms with E-state index in [0.717, 1.165) is 57.9 Å². The minimum atomic E-state index is -0.766. The molecule has 0 radical (unpaired) electrons. The molecule has 4 aromatic rings. The average Bonchev–Trinajstić information content (AvgIpc) is 2.90. The van der Waals surface area contributed by atoms with Gasteiger partial charge in [0.05, 0.1) is 48.9 Å². The van der Waals surface area contributed by atoms with Crippen LogP contribution in [0.3, 0.4) is 0 Å². The Labute approximate surface area is 215 Å². The topological polar surface area (TPSA) is 104 Å². The number of hydrogen-bond donors (Lipinski definition) is 1. The molecule has 1 aromatic carbocycles. The van der Waals surface area contributed by atoms with E-state index in [0.29, 0.717) is 18.8 Å². The standard InChI is InChI=1S/C29H26N6O2/c1-29(17-30)18-37-16-20-7-6-19(12-24(20)29)28(36)33-14-23-11-21-10-22(13-32-26(21)15-31-23)25-4-2-5-27(34-25)35-8-3-9-35/h2,4-7,10-13,15H,3,8-9,14,16,18H2,1H3,(H,33,36)/t29-/m1/s1. The van der Waals surface area contributed by atoms with Crippen molar-refractivity contribution in [2.75, 3.05) is 24.6 Å². The highest BCUT2D eigenvalue weighted by Gasteiger charge is 2.33. The van der Waals surface area contributed by atoms with E-state index in [2.05, 4.69) is 32.3 Å². The molecule has 1 atom stereocenters. The van der Waals surface area contributed by atoms with Crippen molar-refractivity contribution in [2.24, 2.45) is 0 Å². The van der Waals surface area contributed by atoms with Crippen LogP contribution >= 0.6 is 0 Å². The van der Waals surface area contributed by atoms with Gasteiger partial charge >= 0.3 is 0 Å². The summed E-state index contributed by atoms with van der Waals surface area (Å²) in [6.07, 6.45) is 4.75. The van der Waals surface area contributed by atoms with Gasteiger partial charge in [-0.15, -0.1) is 0 Å². The molecule has 1 fully saturated rings. The van der Waals surface area contributed by atoms with Crippen molar-refractivity contribution in [1.82, 2.24) is 20.3 Å². The Morgan fingerprint density at radius 3 is 2.86 bits per heavy atom. The normalized spacial score (nSPS) is 18.5. The lowest BCUT2D eigenvalue weighted by Crippen LogP contribution is -2.37. The number of ether oxygens (including phenoxy) is 1. The van der Waals surface area contributed by atoms with Crippen LogP contribution in [0.15, 0.2) is 60.9 Å². The van der Waals surface area contributed by atoms with E-state index in [-0.39, 0.29) is 12.5 Å². The summed E-state index contributed by atoms with van der Waals surface area (Å²) < 4.78 is 5.56. The van der Waals surface area contributed by atoms with Gasteiger partial charge in [0.25, 0.3) is 5.91 Å². The first kappa shape index (κ1) is 23.1. The molecule has 5 heterocycles. The van der Waals surface area contributed by atoms with Crippen LogP contribution in [0.25, 0.3) is 22.2 Å². The maximum absolute atomic E-state index is 12.9. The monoisotopic (exact) mass is 490 g/mol. The van der Waals surface area contributed by atoms with E-state index in [1.54, 1.807) is 12.3 Å². The van der Waals surface area contributed by atoms with Crippen LogP contribution in [0.5, 0.6) is 0 Å². The molecule has 2 aliphatic rings. The number of anilines is 1. The fourth-order valence-electron chi connectivity index (χ4n) is 4.78. The van der Waals surface area contributed by atoms with Crippen molar-refractivity contribution in [3.63, 3.8) is 0 Å². The van der Waals surface area contributed by atoms with E-state index in [1.165, 1.54) is 6.42 Å². The Morgan fingerprint density at radius 1 is 1.16 bits per heavy atom. The Morgan fingerprint density at radius 2 is 2.05 bits per heavy atom. The predicted octanol–water partition coefficient (Wildman–Crippen LogP) is 4.14. The molecule has 0 unspecified atom stereocenters. The summed E-state index contributed by atoms with van der Waals surface area (Å²) in [7, 11) is 0. The number of fused-ring (bicyclic) bond motifs is 2. The first-order valence-electron chi connectivity index (χ1n) is 12.4. The van der Waals surface area contributed by atoms with Gasteiger partial charge in [0.2, 0.25) is 0 Å². The molecule has 1 saturated heterocycles. The maximum Gasteiger partial charge on any atom is 0.251 e. The van der Waals surface area contributed by atoms with E-state index < -0.39 is 5.41 Å². The summed E-state index contributed by atoms with van der Waals surface area (Å²) in [5.41, 5.74) is 4.88. The number of benzene rings is 1. The number of aromatic nitrogens is 3. The quantitative estimate of drug-likeness (QED) is 0.448. The number of nitrogens with zero attached hydrogens (tertiary/aromatic N) is 5. The SMILES string of the molecule is C[C@@]1(C#N)COCc2ccc(C(=O)NCc3cc4cc(-c5cccc(N6CCC6)n5)cnc4cn3)cc21. The summed E-state index contributed by atoms with van der Waals surface area (Å²) in [6, 6.07) is 17.8. The largest absolute Gasteiger partial charge is 0.375 e. The van der Waals surface area contributed by atoms with Crippen LogP contribution < -0.4 is 10.2 Å². The Kier molecular flexibility index (Phi) is 5.78. The number of hydrogen-bond acceptors (Lipinski definition) is 7. The van der Waals surface area contributed by atoms with Gasteiger partial charge < -0.3 is 15.0 Å². The van der Waals surface area contributed by atoms with Crippen molar-refractivity contribution in [3.8, 4) is 17.3 Å². The zero-order chi connectivity index (χ0) is 25.4. The van der Waals surface area contributed by atoms with E-state index in [1.807, 2.05) is 49.5 Å². The van der Waals surface area contributed by atoms with Crippen molar-refractivity contribution in [3.05, 3.63) is 83.3 Å². The van der Waals surface area contributed by atoms with Crippen LogP contribution in [-0.4, -0.2) is 40.6 Å². The minimum Gasteiger partial charge on any atom is -0.375 e. The number of nitrogens with one attached hydrogen (secondary N) is 1. The third-order valence-corrected chi connectivity index (χ3v) is 7.13. The molecule has 1 amide bonds. The number of rotatable bonds is 5. The lowest BCUT2D eigenvalue weighted by molar-refractivity contribution is 0.0757. The smallest absolute Gasteiger partial charge is 0.251 e. The zero-order valence-electron chi connectivity index (χ0n) is 20.6. The zero-order valence-corrected chi connectivity index (χ0v) is 20.6. The van der Waals surface area contributed by atoms with Crippen LogP contribution in [0.1, 0.15) is 40.5 Å². The molecule has 8 nitrogen and oxygen atoms in total. The molecule has 184 valence electrons. The molecule has 0 spiro atoms. The van der Waals surface area contributed by atoms with Gasteiger partial charge in [-0.25, -0.2) is 4.98 Å². The molecule has 37 heavy (non-hydrogen) atoms. The van der Waals surface area contributed by atoms with Crippen LogP contribution in [0.4, 0.5) is 5.82 Å². The second kappa shape index (κ2) is 9.26. The lowest BCUT2D eigenvalue weighted by atomic mass is 9.79. The van der Waals surface area contributed by atoms with Crippen LogP contribution in [-0.2, 0) is 23.3 Å².